The number of halogens is 1. The lowest BCUT2D eigenvalue weighted by Gasteiger charge is -1.86. The highest BCUT2D eigenvalue weighted by molar-refractivity contribution is 6.30. The first-order valence-electron chi connectivity index (χ1n) is 3.49. The Kier molecular flexibility index (Phi) is 0.727. The van der Waals surface area contributed by atoms with E-state index in [1.807, 2.05) is 0 Å². The highest BCUT2D eigenvalue weighted by atomic mass is 35.5. The van der Waals surface area contributed by atoms with E-state index in [0.29, 0.717) is 0 Å². The third kappa shape index (κ3) is 1.17. The molecule has 42 valence electrons. The van der Waals surface area contributed by atoms with Gasteiger partial charge in [0, 0.05) is 4.11 Å². The summed E-state index contributed by atoms with van der Waals surface area (Å²) in [6.07, 6.45) is 1.29. The average Bonchev–Trinajstić information content (AvgIpc) is 1.86. The summed E-state index contributed by atoms with van der Waals surface area (Å²) in [5, 5.41) is 7.11. The van der Waals surface area contributed by atoms with E-state index in [9.17, 15) is 0 Å². The van der Waals surface area contributed by atoms with Crippen molar-refractivity contribution in [2.45, 2.75) is 6.85 Å². The molecule has 0 atom stereocenters. The third-order valence-corrected chi connectivity index (χ3v) is 0.828. The Balaban J connectivity index is 3.06. The molecule has 0 N–H and O–H groups in total. The van der Waals surface area contributed by atoms with Gasteiger partial charge in [0.15, 0.2) is 0 Å². The van der Waals surface area contributed by atoms with Crippen LogP contribution in [0.15, 0.2) is 12.3 Å². The van der Waals surface area contributed by atoms with E-state index >= 15 is 0 Å². The predicted molar refractivity (Wildman–Crippen MR) is 31.8 cm³/mol. The molecule has 0 aliphatic carbocycles. The molecule has 0 saturated heterocycles. The van der Waals surface area contributed by atoms with Crippen LogP contribution >= 0.6 is 11.6 Å². The van der Waals surface area contributed by atoms with E-state index in [1.165, 1.54) is 12.3 Å². The summed E-state index contributed by atoms with van der Waals surface area (Å²) >= 11 is 5.50. The molecule has 0 unspecified atom stereocenters. The first kappa shape index (κ1) is 2.78. The van der Waals surface area contributed by atoms with Gasteiger partial charge in [-0.3, -0.25) is 0 Å². The molecule has 0 amide bonds. The van der Waals surface area contributed by atoms with E-state index in [1.54, 1.807) is 0 Å². The molecule has 3 heteroatoms. The van der Waals surface area contributed by atoms with Crippen molar-refractivity contribution in [3.8, 4) is 0 Å². The van der Waals surface area contributed by atoms with Crippen molar-refractivity contribution in [3.05, 3.63) is 23.0 Å². The molecule has 0 aliphatic rings. The molecule has 0 spiro atoms. The zero-order valence-electron chi connectivity index (χ0n) is 6.93. The molecule has 0 saturated carbocycles. The SMILES string of the molecule is [2H]C([2H])([2H])c1cc(Cl)cnn1. The minimum absolute atomic E-state index is 0.0787. The maximum atomic E-state index is 6.94. The maximum absolute atomic E-state index is 6.94. The molecule has 0 bridgehead atoms. The standard InChI is InChI=1S/C5H5ClN2/c1-4-2-5(6)3-7-8-4/h2-3H,1H3/i1D3. The summed E-state index contributed by atoms with van der Waals surface area (Å²) in [6, 6.07) is 1.28. The van der Waals surface area contributed by atoms with E-state index in [0.717, 1.165) is 0 Å². The maximum Gasteiger partial charge on any atom is 0.0682 e. The molecule has 1 aromatic heterocycles. The summed E-state index contributed by atoms with van der Waals surface area (Å²) in [5.74, 6) is 0. The number of hydrogen-bond acceptors (Lipinski definition) is 2. The number of aryl methyl sites for hydroxylation is 1. The second-order valence-electron chi connectivity index (χ2n) is 1.26. The zero-order chi connectivity index (χ0) is 8.48. The Labute approximate surface area is 56.7 Å². The van der Waals surface area contributed by atoms with Gasteiger partial charge in [-0.05, 0) is 12.9 Å². The first-order chi connectivity index (χ1) is 5.00. The lowest BCUT2D eigenvalue weighted by atomic mass is 10.4. The van der Waals surface area contributed by atoms with E-state index in [-0.39, 0.29) is 10.7 Å². The normalized spacial score (nSPS) is 16.4. The van der Waals surface area contributed by atoms with Crippen molar-refractivity contribution in [1.82, 2.24) is 10.2 Å². The van der Waals surface area contributed by atoms with Gasteiger partial charge in [-0.2, -0.15) is 10.2 Å². The molecule has 1 heterocycles. The largest absolute Gasteiger partial charge is 0.157 e. The van der Waals surface area contributed by atoms with Gasteiger partial charge in [0.1, 0.15) is 0 Å². The molecular weight excluding hydrogens is 124 g/mol. The number of nitrogens with zero attached hydrogens (tertiary/aromatic N) is 2. The molecule has 1 rings (SSSR count). The molecule has 0 aromatic carbocycles. The lowest BCUT2D eigenvalue weighted by molar-refractivity contribution is 0.981. The van der Waals surface area contributed by atoms with Gasteiger partial charge in [0.25, 0.3) is 0 Å². The van der Waals surface area contributed by atoms with Crippen molar-refractivity contribution < 1.29 is 4.11 Å². The summed E-state index contributed by atoms with van der Waals surface area (Å²) in [4.78, 5) is 0. The number of hydrogen-bond donors (Lipinski definition) is 0. The fourth-order valence-electron chi connectivity index (χ4n) is 0.343. The molecule has 1 aromatic rings. The lowest BCUT2D eigenvalue weighted by Crippen LogP contribution is -1.82. The van der Waals surface area contributed by atoms with E-state index in [2.05, 4.69) is 10.2 Å². The molecule has 2 nitrogen and oxygen atoms in total. The van der Waals surface area contributed by atoms with Crippen LogP contribution in [0.4, 0.5) is 0 Å². The molecular formula is C5H5ClN2. The van der Waals surface area contributed by atoms with Gasteiger partial charge in [0.05, 0.1) is 16.9 Å². The molecule has 0 radical (unpaired) electrons. The predicted octanol–water partition coefficient (Wildman–Crippen LogP) is 1.44. The van der Waals surface area contributed by atoms with Crippen molar-refractivity contribution in [3.63, 3.8) is 0 Å². The Morgan fingerprint density at radius 1 is 1.88 bits per heavy atom. The van der Waals surface area contributed by atoms with Crippen molar-refractivity contribution in [2.24, 2.45) is 0 Å². The Morgan fingerprint density at radius 2 is 2.75 bits per heavy atom. The summed E-state index contributed by atoms with van der Waals surface area (Å²) in [6.45, 7) is -2.22. The monoisotopic (exact) mass is 131 g/mol. The number of rotatable bonds is 0. The van der Waals surface area contributed by atoms with Crippen molar-refractivity contribution in [2.75, 3.05) is 0 Å². The smallest absolute Gasteiger partial charge is 0.0682 e. The Hall–Kier alpha value is -0.630. The third-order valence-electron chi connectivity index (χ3n) is 0.621. The first-order valence-corrected chi connectivity index (χ1v) is 2.36. The zero-order valence-corrected chi connectivity index (χ0v) is 4.68. The van der Waals surface area contributed by atoms with Gasteiger partial charge < -0.3 is 0 Å². The van der Waals surface area contributed by atoms with Gasteiger partial charge in [0.2, 0.25) is 0 Å². The molecule has 0 fully saturated rings. The van der Waals surface area contributed by atoms with E-state index in [4.69, 9.17) is 15.7 Å². The highest BCUT2D eigenvalue weighted by Crippen LogP contribution is 2.03. The molecule has 0 aliphatic heterocycles. The number of aromatic nitrogens is 2. The summed E-state index contributed by atoms with van der Waals surface area (Å²) in [5.41, 5.74) is -0.0787. The minimum atomic E-state index is -2.22. The fourth-order valence-corrected chi connectivity index (χ4v) is 0.490. The summed E-state index contributed by atoms with van der Waals surface area (Å²) < 4.78 is 20.8. The second-order valence-corrected chi connectivity index (χ2v) is 1.70. The van der Waals surface area contributed by atoms with Crippen LogP contribution in [0.1, 0.15) is 9.81 Å². The van der Waals surface area contributed by atoms with Crippen LogP contribution in [0.5, 0.6) is 0 Å². The van der Waals surface area contributed by atoms with Crippen LogP contribution in [0.2, 0.25) is 5.02 Å². The van der Waals surface area contributed by atoms with Gasteiger partial charge >= 0.3 is 0 Å². The minimum Gasteiger partial charge on any atom is -0.157 e. The van der Waals surface area contributed by atoms with Crippen LogP contribution in [0.25, 0.3) is 0 Å². The van der Waals surface area contributed by atoms with Crippen molar-refractivity contribution >= 4 is 11.6 Å². The van der Waals surface area contributed by atoms with E-state index < -0.39 is 6.85 Å². The van der Waals surface area contributed by atoms with Crippen LogP contribution in [-0.2, 0) is 0 Å². The topological polar surface area (TPSA) is 25.8 Å². The Morgan fingerprint density at radius 3 is 3.25 bits per heavy atom. The molecule has 8 heavy (non-hydrogen) atoms. The second kappa shape index (κ2) is 2.09. The van der Waals surface area contributed by atoms with Crippen LogP contribution < -0.4 is 0 Å². The van der Waals surface area contributed by atoms with Crippen molar-refractivity contribution in [1.29, 1.82) is 0 Å². The van der Waals surface area contributed by atoms with Crippen LogP contribution in [0, 0.1) is 6.85 Å². The quantitative estimate of drug-likeness (QED) is 0.533. The van der Waals surface area contributed by atoms with Crippen LogP contribution in [-0.4, -0.2) is 10.2 Å². The summed E-state index contributed by atoms with van der Waals surface area (Å²) in [7, 11) is 0. The highest BCUT2D eigenvalue weighted by Gasteiger charge is 1.85. The van der Waals surface area contributed by atoms with Gasteiger partial charge in [-0.1, -0.05) is 11.6 Å². The van der Waals surface area contributed by atoms with Crippen LogP contribution in [0.3, 0.4) is 0 Å². The average molecular weight is 132 g/mol. The Bertz CT molecular complexity index is 260. The van der Waals surface area contributed by atoms with Gasteiger partial charge in [-0.25, -0.2) is 0 Å². The fraction of sp³-hybridized carbons (Fsp3) is 0.200. The van der Waals surface area contributed by atoms with Gasteiger partial charge in [-0.15, -0.1) is 0 Å².